The van der Waals surface area contributed by atoms with Gasteiger partial charge in [0.15, 0.2) is 0 Å². The topological polar surface area (TPSA) is 67.8 Å². The number of nitrogens with zero attached hydrogens (tertiary/aromatic N) is 3. The summed E-state index contributed by atoms with van der Waals surface area (Å²) in [6, 6.07) is 3.71. The zero-order valence-corrected chi connectivity index (χ0v) is 12.6. The molecule has 0 aromatic carbocycles. The third-order valence-electron chi connectivity index (χ3n) is 3.33. The Bertz CT molecular complexity index is 627. The molecule has 0 bridgehead atoms. The normalized spacial score (nSPS) is 12.0. The van der Waals surface area contributed by atoms with Crippen LogP contribution in [0.4, 0.5) is 0 Å². The summed E-state index contributed by atoms with van der Waals surface area (Å²) in [6.45, 7) is 5.97. The summed E-state index contributed by atoms with van der Waals surface area (Å²) >= 11 is 0. The van der Waals surface area contributed by atoms with Crippen molar-refractivity contribution >= 4 is 5.91 Å². The number of amides is 1. The largest absolute Gasteiger partial charge is 0.344 e. The Kier molecular flexibility index (Phi) is 4.98. The first kappa shape index (κ1) is 15.1. The molecule has 0 fully saturated rings. The van der Waals surface area contributed by atoms with Gasteiger partial charge in [-0.05, 0) is 31.9 Å². The van der Waals surface area contributed by atoms with E-state index in [4.69, 9.17) is 0 Å². The summed E-state index contributed by atoms with van der Waals surface area (Å²) in [5, 5.41) is 2.97. The number of pyridine rings is 1. The van der Waals surface area contributed by atoms with Gasteiger partial charge in [-0.3, -0.25) is 9.78 Å². The van der Waals surface area contributed by atoms with Crippen LogP contribution in [0.2, 0.25) is 0 Å². The van der Waals surface area contributed by atoms with Crippen LogP contribution in [-0.4, -0.2) is 20.9 Å². The highest BCUT2D eigenvalue weighted by Gasteiger charge is 2.17. The molecule has 2 aromatic rings. The van der Waals surface area contributed by atoms with Crippen LogP contribution in [0.3, 0.4) is 0 Å². The first-order chi connectivity index (χ1) is 10.1. The molecule has 2 rings (SSSR count). The van der Waals surface area contributed by atoms with Crippen molar-refractivity contribution in [3.05, 3.63) is 53.4 Å². The maximum atomic E-state index is 12.4. The molecule has 0 aliphatic heterocycles. The van der Waals surface area contributed by atoms with E-state index in [0.717, 1.165) is 29.8 Å². The Hall–Kier alpha value is -2.30. The fourth-order valence-electron chi connectivity index (χ4n) is 2.27. The van der Waals surface area contributed by atoms with Gasteiger partial charge < -0.3 is 5.32 Å². The maximum absolute atomic E-state index is 12.4. The van der Waals surface area contributed by atoms with Gasteiger partial charge in [-0.1, -0.05) is 19.4 Å². The van der Waals surface area contributed by atoms with Gasteiger partial charge in [0.25, 0.3) is 5.91 Å². The van der Waals surface area contributed by atoms with E-state index in [0.29, 0.717) is 5.56 Å². The molecular formula is C16H20N4O. The highest BCUT2D eigenvalue weighted by Crippen LogP contribution is 2.15. The molecule has 0 aliphatic carbocycles. The predicted molar refractivity (Wildman–Crippen MR) is 80.9 cm³/mol. The number of aromatic nitrogens is 3. The quantitative estimate of drug-likeness (QED) is 0.916. The van der Waals surface area contributed by atoms with Crippen molar-refractivity contribution in [3.8, 4) is 0 Å². The van der Waals surface area contributed by atoms with Gasteiger partial charge in [-0.2, -0.15) is 0 Å². The Morgan fingerprint density at radius 2 is 2.19 bits per heavy atom. The predicted octanol–water partition coefficient (Wildman–Crippen LogP) is 2.62. The van der Waals surface area contributed by atoms with Gasteiger partial charge >= 0.3 is 0 Å². The molecule has 1 amide bonds. The molecule has 1 atom stereocenters. The molecule has 5 nitrogen and oxygen atoms in total. The van der Waals surface area contributed by atoms with Gasteiger partial charge in [0, 0.05) is 12.4 Å². The first-order valence-corrected chi connectivity index (χ1v) is 7.14. The van der Waals surface area contributed by atoms with Crippen LogP contribution in [0.5, 0.6) is 0 Å². The monoisotopic (exact) mass is 284 g/mol. The van der Waals surface area contributed by atoms with Crippen LogP contribution in [0, 0.1) is 6.92 Å². The van der Waals surface area contributed by atoms with Crippen molar-refractivity contribution in [2.45, 2.75) is 39.7 Å². The Morgan fingerprint density at radius 3 is 2.90 bits per heavy atom. The number of rotatable bonds is 5. The van der Waals surface area contributed by atoms with Crippen molar-refractivity contribution in [2.75, 3.05) is 0 Å². The molecule has 5 heteroatoms. The molecular weight excluding hydrogens is 264 g/mol. The summed E-state index contributed by atoms with van der Waals surface area (Å²) < 4.78 is 0. The van der Waals surface area contributed by atoms with Crippen molar-refractivity contribution in [2.24, 2.45) is 0 Å². The summed E-state index contributed by atoms with van der Waals surface area (Å²) in [4.78, 5) is 24.9. The van der Waals surface area contributed by atoms with E-state index in [1.54, 1.807) is 12.4 Å². The van der Waals surface area contributed by atoms with E-state index in [9.17, 15) is 4.79 Å². The van der Waals surface area contributed by atoms with Gasteiger partial charge in [0.1, 0.15) is 6.33 Å². The average molecular weight is 284 g/mol. The van der Waals surface area contributed by atoms with E-state index in [1.165, 1.54) is 6.33 Å². The number of nitrogens with one attached hydrogen (secondary N) is 1. The summed E-state index contributed by atoms with van der Waals surface area (Å²) in [5.41, 5.74) is 3.26. The van der Waals surface area contributed by atoms with Gasteiger partial charge in [-0.25, -0.2) is 9.97 Å². The minimum atomic E-state index is -0.159. The van der Waals surface area contributed by atoms with E-state index < -0.39 is 0 Å². The second-order valence-electron chi connectivity index (χ2n) is 5.03. The summed E-state index contributed by atoms with van der Waals surface area (Å²) in [5.74, 6) is -0.156. The lowest BCUT2D eigenvalue weighted by Gasteiger charge is -2.16. The van der Waals surface area contributed by atoms with E-state index >= 15 is 0 Å². The second kappa shape index (κ2) is 6.92. The number of hydrogen-bond acceptors (Lipinski definition) is 4. The maximum Gasteiger partial charge on any atom is 0.255 e. The minimum Gasteiger partial charge on any atom is -0.344 e. The second-order valence-corrected chi connectivity index (χ2v) is 5.03. The standard InChI is InChI=1S/C16H20N4O/c1-4-6-14-13(9-17-10-19-14)16(21)20-12(3)15-11(2)7-5-8-18-15/h5,7-10,12H,4,6H2,1-3H3,(H,20,21)/t12-/m1/s1. The molecule has 1 N–H and O–H groups in total. The van der Waals surface area contributed by atoms with Crippen molar-refractivity contribution in [3.63, 3.8) is 0 Å². The molecule has 0 aliphatic rings. The fraction of sp³-hybridized carbons (Fsp3) is 0.375. The van der Waals surface area contributed by atoms with Crippen molar-refractivity contribution in [1.82, 2.24) is 20.3 Å². The summed E-state index contributed by atoms with van der Waals surface area (Å²) in [6.07, 6.45) is 6.49. The smallest absolute Gasteiger partial charge is 0.255 e. The zero-order chi connectivity index (χ0) is 15.2. The molecule has 2 heterocycles. The first-order valence-electron chi connectivity index (χ1n) is 7.14. The lowest BCUT2D eigenvalue weighted by molar-refractivity contribution is 0.0937. The van der Waals surface area contributed by atoms with Crippen LogP contribution < -0.4 is 5.32 Å². The van der Waals surface area contributed by atoms with E-state index in [-0.39, 0.29) is 11.9 Å². The molecule has 0 radical (unpaired) electrons. The third kappa shape index (κ3) is 3.62. The number of hydrogen-bond donors (Lipinski definition) is 1. The van der Waals surface area contributed by atoms with Crippen LogP contribution in [0.15, 0.2) is 30.9 Å². The number of carbonyl (C=O) groups excluding carboxylic acids is 1. The lowest BCUT2D eigenvalue weighted by atomic mass is 10.1. The Morgan fingerprint density at radius 1 is 1.38 bits per heavy atom. The molecule has 0 saturated carbocycles. The van der Waals surface area contributed by atoms with Gasteiger partial charge in [0.2, 0.25) is 0 Å². The zero-order valence-electron chi connectivity index (χ0n) is 12.6. The fourth-order valence-corrected chi connectivity index (χ4v) is 2.27. The Balaban J connectivity index is 2.17. The van der Waals surface area contributed by atoms with Gasteiger partial charge in [0.05, 0.1) is 23.0 Å². The highest BCUT2D eigenvalue weighted by atomic mass is 16.1. The molecule has 0 saturated heterocycles. The molecule has 0 unspecified atom stereocenters. The van der Waals surface area contributed by atoms with Crippen LogP contribution in [0.1, 0.15) is 53.6 Å². The van der Waals surface area contributed by atoms with Crippen molar-refractivity contribution < 1.29 is 4.79 Å². The summed E-state index contributed by atoms with van der Waals surface area (Å²) in [7, 11) is 0. The van der Waals surface area contributed by atoms with Crippen LogP contribution >= 0.6 is 0 Å². The highest BCUT2D eigenvalue weighted by molar-refractivity contribution is 5.95. The van der Waals surface area contributed by atoms with Gasteiger partial charge in [-0.15, -0.1) is 0 Å². The van der Waals surface area contributed by atoms with E-state index in [1.807, 2.05) is 26.0 Å². The minimum absolute atomic E-state index is 0.156. The Labute approximate surface area is 124 Å². The molecule has 0 spiro atoms. The van der Waals surface area contributed by atoms with Crippen LogP contribution in [-0.2, 0) is 6.42 Å². The third-order valence-corrected chi connectivity index (χ3v) is 3.33. The number of carbonyl (C=O) groups is 1. The molecule has 110 valence electrons. The SMILES string of the molecule is CCCc1ncncc1C(=O)N[C@H](C)c1ncccc1C. The lowest BCUT2D eigenvalue weighted by Crippen LogP contribution is -2.29. The van der Waals surface area contributed by atoms with E-state index in [2.05, 4.69) is 27.2 Å². The average Bonchev–Trinajstić information content (AvgIpc) is 2.48. The molecule has 21 heavy (non-hydrogen) atoms. The molecule has 2 aromatic heterocycles. The van der Waals surface area contributed by atoms with Crippen molar-refractivity contribution in [1.29, 1.82) is 0 Å². The van der Waals surface area contributed by atoms with Crippen LogP contribution in [0.25, 0.3) is 0 Å². The number of aryl methyl sites for hydroxylation is 2.